The highest BCUT2D eigenvalue weighted by atomic mass is 17.2. The zero-order valence-electron chi connectivity index (χ0n) is 19.7. The van der Waals surface area contributed by atoms with E-state index in [2.05, 4.69) is 71.9 Å². The Morgan fingerprint density at radius 2 is 1.45 bits per heavy atom. The fourth-order valence-electron chi connectivity index (χ4n) is 2.77. The van der Waals surface area contributed by atoms with Crippen molar-refractivity contribution in [3.05, 3.63) is 89.5 Å². The van der Waals surface area contributed by atoms with Crippen LogP contribution in [0.4, 0.5) is 17.1 Å². The number of hydrogen-bond acceptors (Lipinski definition) is 5. The smallest absolute Gasteiger partial charge is 0.109 e. The fourth-order valence-corrected chi connectivity index (χ4v) is 2.77. The van der Waals surface area contributed by atoms with E-state index in [0.717, 1.165) is 17.8 Å². The third kappa shape index (κ3) is 10.5. The minimum absolute atomic E-state index is 0.466. The molecule has 0 saturated heterocycles. The van der Waals surface area contributed by atoms with Gasteiger partial charge in [-0.1, -0.05) is 48.5 Å². The highest BCUT2D eigenvalue weighted by Gasteiger charge is 1.98. The molecular formula is C26H37N3O2. The second-order valence-corrected chi connectivity index (χ2v) is 6.80. The first-order valence-corrected chi connectivity index (χ1v) is 10.5. The molecule has 0 amide bonds. The van der Waals surface area contributed by atoms with Gasteiger partial charge >= 0.3 is 0 Å². The van der Waals surface area contributed by atoms with Gasteiger partial charge in [0.25, 0.3) is 0 Å². The lowest BCUT2D eigenvalue weighted by Crippen LogP contribution is -1.97. The Kier molecular flexibility index (Phi) is 13.2. The van der Waals surface area contributed by atoms with Crippen LogP contribution in [0.3, 0.4) is 0 Å². The van der Waals surface area contributed by atoms with Crippen molar-refractivity contribution in [1.29, 1.82) is 0 Å². The molecule has 0 aromatic heterocycles. The third-order valence-corrected chi connectivity index (χ3v) is 4.44. The van der Waals surface area contributed by atoms with Gasteiger partial charge in [-0.25, -0.2) is 9.78 Å². The molecule has 3 aromatic rings. The van der Waals surface area contributed by atoms with Crippen molar-refractivity contribution < 1.29 is 9.78 Å². The van der Waals surface area contributed by atoms with Crippen LogP contribution in [0.5, 0.6) is 0 Å². The summed E-state index contributed by atoms with van der Waals surface area (Å²) >= 11 is 0. The van der Waals surface area contributed by atoms with Crippen LogP contribution >= 0.6 is 0 Å². The number of hydrogen-bond donors (Lipinski definition) is 3. The number of rotatable bonds is 7. The molecule has 0 unspecified atom stereocenters. The quantitative estimate of drug-likeness (QED) is 0.309. The molecule has 168 valence electrons. The van der Waals surface area contributed by atoms with Gasteiger partial charge in [-0.2, -0.15) is 0 Å². The van der Waals surface area contributed by atoms with E-state index in [1.165, 1.54) is 29.6 Å². The zero-order valence-corrected chi connectivity index (χ0v) is 19.7. The van der Waals surface area contributed by atoms with Crippen LogP contribution in [0.1, 0.15) is 23.6 Å². The molecule has 3 rings (SSSR count). The molecule has 0 aliphatic carbocycles. The summed E-state index contributed by atoms with van der Waals surface area (Å²) in [6.45, 7) is 7.75. The van der Waals surface area contributed by atoms with Crippen molar-refractivity contribution in [3.8, 4) is 0 Å². The molecule has 0 aliphatic heterocycles. The van der Waals surface area contributed by atoms with E-state index in [-0.39, 0.29) is 0 Å². The van der Waals surface area contributed by atoms with Crippen molar-refractivity contribution in [3.63, 3.8) is 0 Å². The third-order valence-electron chi connectivity index (χ3n) is 4.44. The monoisotopic (exact) mass is 423 g/mol. The van der Waals surface area contributed by atoms with E-state index in [1.54, 1.807) is 0 Å². The molecule has 3 aromatic carbocycles. The summed E-state index contributed by atoms with van der Waals surface area (Å²) in [5, 5.41) is 9.41. The van der Waals surface area contributed by atoms with Crippen molar-refractivity contribution in [2.75, 3.05) is 43.7 Å². The Labute approximate surface area is 187 Å². The maximum absolute atomic E-state index is 4.82. The van der Waals surface area contributed by atoms with Crippen LogP contribution in [0.2, 0.25) is 0 Å². The molecule has 5 nitrogen and oxygen atoms in total. The van der Waals surface area contributed by atoms with Crippen molar-refractivity contribution in [2.24, 2.45) is 0 Å². The molecule has 0 saturated carbocycles. The van der Waals surface area contributed by atoms with Gasteiger partial charge < -0.3 is 16.0 Å². The maximum atomic E-state index is 4.82. The predicted octanol–water partition coefficient (Wildman–Crippen LogP) is 6.27. The first kappa shape index (κ1) is 26.0. The molecule has 0 bridgehead atoms. The molecule has 0 heterocycles. The van der Waals surface area contributed by atoms with Crippen LogP contribution < -0.4 is 16.0 Å². The van der Waals surface area contributed by atoms with E-state index < -0.39 is 0 Å². The van der Waals surface area contributed by atoms with E-state index in [0.29, 0.717) is 6.61 Å². The minimum Gasteiger partial charge on any atom is -0.388 e. The van der Waals surface area contributed by atoms with E-state index >= 15 is 0 Å². The van der Waals surface area contributed by atoms with Crippen molar-refractivity contribution in [2.45, 2.75) is 27.4 Å². The Balaban J connectivity index is 0.000000235. The summed E-state index contributed by atoms with van der Waals surface area (Å²) in [7, 11) is 5.31. The van der Waals surface area contributed by atoms with Crippen molar-refractivity contribution >= 4 is 17.1 Å². The van der Waals surface area contributed by atoms with Gasteiger partial charge in [-0.15, -0.1) is 0 Å². The SMILES string of the molecule is CCNc1ccccc1C.CNc1cccc(C)c1.CNc1ccccc1COOC. The van der Waals surface area contributed by atoms with Crippen LogP contribution in [0.25, 0.3) is 0 Å². The van der Waals surface area contributed by atoms with E-state index in [9.17, 15) is 0 Å². The van der Waals surface area contributed by atoms with Gasteiger partial charge in [-0.05, 0) is 56.2 Å². The largest absolute Gasteiger partial charge is 0.388 e. The Morgan fingerprint density at radius 1 is 0.774 bits per heavy atom. The lowest BCUT2D eigenvalue weighted by Gasteiger charge is -2.06. The second-order valence-electron chi connectivity index (χ2n) is 6.80. The first-order chi connectivity index (χ1) is 15.0. The second kappa shape index (κ2) is 15.8. The lowest BCUT2D eigenvalue weighted by atomic mass is 10.2. The number of anilines is 3. The van der Waals surface area contributed by atoms with Crippen LogP contribution in [-0.2, 0) is 16.4 Å². The summed E-state index contributed by atoms with van der Waals surface area (Å²) in [4.78, 5) is 9.34. The molecule has 0 atom stereocenters. The van der Waals surface area contributed by atoms with Crippen LogP contribution in [0.15, 0.2) is 72.8 Å². The minimum atomic E-state index is 0.466. The molecule has 0 radical (unpaired) electrons. The van der Waals surface area contributed by atoms with E-state index in [1.807, 2.05) is 56.6 Å². The first-order valence-electron chi connectivity index (χ1n) is 10.5. The Hall–Kier alpha value is -3.02. The Morgan fingerprint density at radius 3 is 2.00 bits per heavy atom. The van der Waals surface area contributed by atoms with Crippen LogP contribution in [0, 0.1) is 13.8 Å². The molecule has 5 heteroatoms. The average Bonchev–Trinajstić information content (AvgIpc) is 2.80. The number of nitrogens with one attached hydrogen (secondary N) is 3. The predicted molar refractivity (Wildman–Crippen MR) is 134 cm³/mol. The van der Waals surface area contributed by atoms with Gasteiger partial charge in [0, 0.05) is 43.3 Å². The van der Waals surface area contributed by atoms with Gasteiger partial charge in [-0.3, -0.25) is 0 Å². The molecule has 31 heavy (non-hydrogen) atoms. The molecule has 3 N–H and O–H groups in total. The standard InChI is InChI=1S/C9H13NO2.C9H13N.C8H11N/c1-10-9-6-4-3-5-8(9)7-12-11-2;1-3-10-9-7-5-4-6-8(9)2;1-7-4-3-5-8(6-7)9-2/h3-6,10H,7H2,1-2H3;4-7,10H,3H2,1-2H3;3-6,9H,1-2H3. The highest BCUT2D eigenvalue weighted by Crippen LogP contribution is 2.14. The fraction of sp³-hybridized carbons (Fsp3) is 0.308. The van der Waals surface area contributed by atoms with E-state index in [4.69, 9.17) is 4.89 Å². The van der Waals surface area contributed by atoms with Crippen molar-refractivity contribution in [1.82, 2.24) is 0 Å². The van der Waals surface area contributed by atoms with Gasteiger partial charge in [0.15, 0.2) is 0 Å². The number of benzene rings is 3. The average molecular weight is 424 g/mol. The summed E-state index contributed by atoms with van der Waals surface area (Å²) in [6.07, 6.45) is 0. The van der Waals surface area contributed by atoms with Gasteiger partial charge in [0.05, 0.1) is 7.11 Å². The molecule has 0 spiro atoms. The normalized spacial score (nSPS) is 9.48. The Bertz CT molecular complexity index is 869. The van der Waals surface area contributed by atoms with Crippen LogP contribution in [-0.4, -0.2) is 27.7 Å². The molecule has 0 aliphatic rings. The van der Waals surface area contributed by atoms with Gasteiger partial charge in [0.1, 0.15) is 6.61 Å². The maximum Gasteiger partial charge on any atom is 0.109 e. The lowest BCUT2D eigenvalue weighted by molar-refractivity contribution is -0.282. The zero-order chi connectivity index (χ0) is 22.9. The molecule has 0 fully saturated rings. The summed E-state index contributed by atoms with van der Waals surface area (Å²) in [5.41, 5.74) is 7.17. The number of aryl methyl sites for hydroxylation is 2. The summed E-state index contributed by atoms with van der Waals surface area (Å²) in [5.74, 6) is 0. The number of para-hydroxylation sites is 2. The molecular weight excluding hydrogens is 386 g/mol. The highest BCUT2D eigenvalue weighted by molar-refractivity contribution is 5.50. The van der Waals surface area contributed by atoms with Gasteiger partial charge in [0.2, 0.25) is 0 Å². The topological polar surface area (TPSA) is 54.5 Å². The summed E-state index contributed by atoms with van der Waals surface area (Å²) < 4.78 is 0. The summed E-state index contributed by atoms with van der Waals surface area (Å²) in [6, 6.07) is 24.5.